The lowest BCUT2D eigenvalue weighted by Crippen LogP contribution is -2.44. The third-order valence-electron chi connectivity index (χ3n) is 5.09. The number of anilines is 2. The summed E-state index contributed by atoms with van der Waals surface area (Å²) in [4.78, 5) is 43.3. The van der Waals surface area contributed by atoms with Gasteiger partial charge in [0, 0.05) is 24.4 Å². The number of aldehydes is 1. The van der Waals surface area contributed by atoms with Crippen LogP contribution in [0.5, 0.6) is 5.75 Å². The van der Waals surface area contributed by atoms with Crippen LogP contribution in [0.15, 0.2) is 54.7 Å². The first kappa shape index (κ1) is 32.0. The molecule has 3 aromatic rings. The van der Waals surface area contributed by atoms with Crippen LogP contribution < -0.4 is 15.0 Å². The van der Waals surface area contributed by atoms with Gasteiger partial charge in [-0.25, -0.2) is 14.6 Å². The number of nitrogens with zero attached hydrogens (tertiary/aromatic N) is 2. The first-order chi connectivity index (χ1) is 18.8. The Balaban J connectivity index is 0.00000274. The Morgan fingerprint density at radius 3 is 2.15 bits per heavy atom. The van der Waals surface area contributed by atoms with Gasteiger partial charge < -0.3 is 29.4 Å². The number of nitrogens with one attached hydrogen (secondary N) is 1. The van der Waals surface area contributed by atoms with E-state index in [4.69, 9.17) is 19.3 Å². The smallest absolute Gasteiger partial charge is 0.425 e. The number of benzene rings is 2. The first-order valence-corrected chi connectivity index (χ1v) is 12.9. The maximum Gasteiger partial charge on any atom is 0.425 e. The molecule has 3 rings (SSSR count). The summed E-state index contributed by atoms with van der Waals surface area (Å²) in [6, 6.07) is 13.7. The lowest BCUT2D eigenvalue weighted by molar-refractivity contribution is -0.108. The fraction of sp³-hybridized carbons (Fsp3) is 0.400. The number of aliphatic hydroxyl groups is 1. The van der Waals surface area contributed by atoms with Crippen molar-refractivity contribution in [1.82, 2.24) is 4.98 Å². The minimum Gasteiger partial charge on any atom is -0.494 e. The highest BCUT2D eigenvalue weighted by Crippen LogP contribution is 2.31. The number of hydrogen-bond donors (Lipinski definition) is 2. The Bertz CT molecular complexity index is 1280. The van der Waals surface area contributed by atoms with Crippen LogP contribution in [0.4, 0.5) is 21.1 Å². The Kier molecular flexibility index (Phi) is 11.0. The molecule has 0 fully saturated rings. The van der Waals surface area contributed by atoms with E-state index in [1.165, 1.54) is 6.20 Å². The molecule has 1 heterocycles. The topological polar surface area (TPSA) is 127 Å². The third-order valence-corrected chi connectivity index (χ3v) is 5.09. The lowest BCUT2D eigenvalue weighted by Gasteiger charge is -2.28. The molecule has 0 aliphatic rings. The monoisotopic (exact) mass is 553 g/mol. The molecule has 0 radical (unpaired) electrons. The van der Waals surface area contributed by atoms with Gasteiger partial charge in [-0.3, -0.25) is 0 Å². The van der Waals surface area contributed by atoms with Crippen LogP contribution in [0.1, 0.15) is 60.1 Å². The molecule has 216 valence electrons. The second kappa shape index (κ2) is 13.7. The Morgan fingerprint density at radius 1 is 0.975 bits per heavy atom. The zero-order valence-electron chi connectivity index (χ0n) is 24.3. The number of rotatable bonds is 7. The summed E-state index contributed by atoms with van der Waals surface area (Å²) >= 11 is 0. The van der Waals surface area contributed by atoms with Gasteiger partial charge in [-0.05, 0) is 95.8 Å². The normalized spacial score (nSPS) is 11.9. The van der Waals surface area contributed by atoms with Crippen molar-refractivity contribution in [2.24, 2.45) is 0 Å². The Hall–Kier alpha value is -4.18. The molecule has 10 nitrogen and oxygen atoms in total. The van der Waals surface area contributed by atoms with Crippen molar-refractivity contribution >= 4 is 40.8 Å². The quantitative estimate of drug-likeness (QED) is 0.325. The van der Waals surface area contributed by atoms with Crippen molar-refractivity contribution in [3.63, 3.8) is 0 Å². The van der Waals surface area contributed by atoms with E-state index in [0.29, 0.717) is 28.8 Å². The molecule has 0 aliphatic heterocycles. The van der Waals surface area contributed by atoms with Gasteiger partial charge >= 0.3 is 12.2 Å². The first-order valence-electron chi connectivity index (χ1n) is 12.9. The van der Waals surface area contributed by atoms with Crippen LogP contribution in [0.25, 0.3) is 10.8 Å². The average molecular weight is 554 g/mol. The molecule has 1 aromatic heterocycles. The van der Waals surface area contributed by atoms with Gasteiger partial charge in [-0.2, -0.15) is 4.90 Å². The minimum absolute atomic E-state index is 0.0777. The maximum absolute atomic E-state index is 13.1. The number of pyridine rings is 1. The number of hydrogen-bond acceptors (Lipinski definition) is 9. The molecule has 1 unspecified atom stereocenters. The zero-order valence-corrected chi connectivity index (χ0v) is 24.3. The standard InChI is InChI=1S/C29H35N3O6.CH4O/c1-8-36-22-11-9-10-20(17-22)24(18-33)31-21-12-13-23-19(16-21)14-15-30-25(23)32(26(34)37-28(2,3)4)27(35)38-29(5,6)7;1-2/h9-18,24,31H,8H2,1-7H3;2H,1H3. The van der Waals surface area contributed by atoms with Crippen LogP contribution in [-0.2, 0) is 14.3 Å². The van der Waals surface area contributed by atoms with E-state index in [0.717, 1.165) is 23.9 Å². The molecule has 0 bridgehead atoms. The zero-order chi connectivity index (χ0) is 30.1. The summed E-state index contributed by atoms with van der Waals surface area (Å²) in [5.74, 6) is 0.756. The van der Waals surface area contributed by atoms with E-state index in [9.17, 15) is 14.4 Å². The second-order valence-corrected chi connectivity index (χ2v) is 10.6. The van der Waals surface area contributed by atoms with E-state index in [2.05, 4.69) is 10.3 Å². The van der Waals surface area contributed by atoms with Gasteiger partial charge in [0.05, 0.1) is 6.61 Å². The van der Waals surface area contributed by atoms with Crippen molar-refractivity contribution in [2.45, 2.75) is 65.7 Å². The maximum atomic E-state index is 13.1. The van der Waals surface area contributed by atoms with Crippen LogP contribution in [0, 0.1) is 0 Å². The highest BCUT2D eigenvalue weighted by molar-refractivity contribution is 6.14. The summed E-state index contributed by atoms with van der Waals surface area (Å²) in [6.07, 6.45) is 0.514. The largest absolute Gasteiger partial charge is 0.494 e. The number of amides is 2. The van der Waals surface area contributed by atoms with Crippen LogP contribution in [-0.4, -0.2) is 53.5 Å². The second-order valence-electron chi connectivity index (χ2n) is 10.6. The van der Waals surface area contributed by atoms with Crippen molar-refractivity contribution in [2.75, 3.05) is 23.9 Å². The fourth-order valence-electron chi connectivity index (χ4n) is 3.63. The molecule has 0 aliphatic carbocycles. The molecule has 0 saturated heterocycles. The predicted octanol–water partition coefficient (Wildman–Crippen LogP) is 6.27. The fourth-order valence-corrected chi connectivity index (χ4v) is 3.63. The molecule has 2 N–H and O–H groups in total. The molecular weight excluding hydrogens is 514 g/mol. The van der Waals surface area contributed by atoms with Crippen molar-refractivity contribution in [3.05, 3.63) is 60.3 Å². The van der Waals surface area contributed by atoms with Gasteiger partial charge in [-0.1, -0.05) is 12.1 Å². The van der Waals surface area contributed by atoms with Gasteiger partial charge in [0.15, 0.2) is 5.82 Å². The SMILES string of the molecule is CCOc1cccc(C(C=O)Nc2ccc3c(N(C(=O)OC(C)(C)C)C(=O)OC(C)(C)C)nccc3c2)c1.CO. The molecule has 10 heteroatoms. The number of imide groups is 1. The average Bonchev–Trinajstić information content (AvgIpc) is 2.87. The molecule has 1 atom stereocenters. The van der Waals surface area contributed by atoms with Crippen LogP contribution in [0.3, 0.4) is 0 Å². The van der Waals surface area contributed by atoms with Gasteiger partial charge in [0.1, 0.15) is 29.3 Å². The van der Waals surface area contributed by atoms with E-state index in [1.807, 2.05) is 37.3 Å². The number of carbonyl (C=O) groups excluding carboxylic acids is 3. The van der Waals surface area contributed by atoms with Crippen LogP contribution in [0.2, 0.25) is 0 Å². The highest BCUT2D eigenvalue weighted by atomic mass is 16.6. The van der Waals surface area contributed by atoms with Crippen LogP contribution >= 0.6 is 0 Å². The molecule has 40 heavy (non-hydrogen) atoms. The number of aromatic nitrogens is 1. The Labute approximate surface area is 235 Å². The molecule has 2 aromatic carbocycles. The van der Waals surface area contributed by atoms with E-state index in [1.54, 1.807) is 59.7 Å². The lowest BCUT2D eigenvalue weighted by atomic mass is 10.1. The molecule has 0 spiro atoms. The van der Waals surface area contributed by atoms with Gasteiger partial charge in [-0.15, -0.1) is 0 Å². The number of aliphatic hydroxyl groups excluding tert-OH is 1. The third kappa shape index (κ3) is 8.94. The summed E-state index contributed by atoms with van der Waals surface area (Å²) in [5.41, 5.74) is -0.276. The summed E-state index contributed by atoms with van der Waals surface area (Å²) < 4.78 is 16.5. The van der Waals surface area contributed by atoms with E-state index < -0.39 is 29.4 Å². The number of ether oxygens (including phenoxy) is 3. The molecule has 2 amide bonds. The number of fused-ring (bicyclic) bond motifs is 1. The van der Waals surface area contributed by atoms with Crippen molar-refractivity contribution < 1.29 is 33.7 Å². The summed E-state index contributed by atoms with van der Waals surface area (Å²) in [7, 11) is 1.00. The molecular formula is C30H39N3O7. The Morgan fingerprint density at radius 2 is 1.60 bits per heavy atom. The highest BCUT2D eigenvalue weighted by Gasteiger charge is 2.34. The summed E-state index contributed by atoms with van der Waals surface area (Å²) in [6.45, 7) is 12.7. The van der Waals surface area contributed by atoms with Crippen molar-refractivity contribution in [1.29, 1.82) is 0 Å². The van der Waals surface area contributed by atoms with E-state index in [-0.39, 0.29) is 5.82 Å². The van der Waals surface area contributed by atoms with Crippen molar-refractivity contribution in [3.8, 4) is 5.75 Å². The minimum atomic E-state index is -0.899. The predicted molar refractivity (Wildman–Crippen MR) is 155 cm³/mol. The summed E-state index contributed by atoms with van der Waals surface area (Å²) in [5, 5.41) is 11.4. The number of carbonyl (C=O) groups is 3. The van der Waals surface area contributed by atoms with E-state index >= 15 is 0 Å². The molecule has 0 saturated carbocycles. The van der Waals surface area contributed by atoms with Gasteiger partial charge in [0.2, 0.25) is 0 Å². The van der Waals surface area contributed by atoms with Gasteiger partial charge in [0.25, 0.3) is 0 Å².